The minimum atomic E-state index is -0.638. The molecular weight excluding hydrogens is 321 g/mol. The number of halogens is 1. The number of carbonyl (C=O) groups excluding carboxylic acids is 2. The fourth-order valence-corrected chi connectivity index (χ4v) is 4.77. The molecule has 25 heavy (non-hydrogen) atoms. The number of benzene rings is 1. The van der Waals surface area contributed by atoms with Crippen molar-refractivity contribution in [1.82, 2.24) is 9.88 Å². The van der Waals surface area contributed by atoms with Crippen LogP contribution in [0.15, 0.2) is 30.3 Å². The lowest BCUT2D eigenvalue weighted by atomic mass is 9.48. The minimum Gasteiger partial charge on any atom is -0.369 e. The predicted molar refractivity (Wildman–Crippen MR) is 91.1 cm³/mol. The highest BCUT2D eigenvalue weighted by atomic mass is 19.1. The summed E-state index contributed by atoms with van der Waals surface area (Å²) in [5, 5.41) is 0.646. The number of fused-ring (bicyclic) bond motifs is 2. The molecule has 2 atom stereocenters. The Kier molecular flexibility index (Phi) is 3.20. The topological polar surface area (TPSA) is 76.3 Å². The van der Waals surface area contributed by atoms with Gasteiger partial charge in [0.15, 0.2) is 0 Å². The van der Waals surface area contributed by atoms with Crippen LogP contribution in [0.1, 0.15) is 30.8 Å². The molecule has 130 valence electrons. The van der Waals surface area contributed by atoms with Crippen LogP contribution in [0.25, 0.3) is 10.9 Å². The molecule has 1 aromatic carbocycles. The predicted octanol–water partition coefficient (Wildman–Crippen LogP) is 2.35. The number of pyridine rings is 1. The number of aromatic nitrogens is 1. The summed E-state index contributed by atoms with van der Waals surface area (Å²) in [5.41, 5.74) is 5.36. The van der Waals surface area contributed by atoms with Gasteiger partial charge in [-0.15, -0.1) is 0 Å². The largest absolute Gasteiger partial charge is 0.369 e. The van der Waals surface area contributed by atoms with Crippen molar-refractivity contribution in [3.8, 4) is 0 Å². The molecule has 1 aromatic heterocycles. The zero-order chi connectivity index (χ0) is 18.0. The van der Waals surface area contributed by atoms with E-state index in [1.165, 1.54) is 6.07 Å². The minimum absolute atomic E-state index is 0.0209. The summed E-state index contributed by atoms with van der Waals surface area (Å²) in [6, 6.07) is 7.98. The second-order valence-electron chi connectivity index (χ2n) is 7.93. The van der Waals surface area contributed by atoms with E-state index >= 15 is 0 Å². The first-order valence-electron chi connectivity index (χ1n) is 8.39. The van der Waals surface area contributed by atoms with Gasteiger partial charge in [0, 0.05) is 18.5 Å². The van der Waals surface area contributed by atoms with Crippen molar-refractivity contribution in [1.29, 1.82) is 0 Å². The maximum atomic E-state index is 14.0. The maximum Gasteiger partial charge on any atom is 0.272 e. The van der Waals surface area contributed by atoms with Crippen molar-refractivity contribution in [2.24, 2.45) is 22.5 Å². The lowest BCUT2D eigenvalue weighted by Gasteiger charge is -2.54. The number of hydrogen-bond donors (Lipinski definition) is 1. The quantitative estimate of drug-likeness (QED) is 0.911. The van der Waals surface area contributed by atoms with Gasteiger partial charge < -0.3 is 10.6 Å². The first kappa shape index (κ1) is 16.0. The third-order valence-electron chi connectivity index (χ3n) is 5.93. The lowest BCUT2D eigenvalue weighted by molar-refractivity contribution is -0.148. The average Bonchev–Trinajstić information content (AvgIpc) is 2.90. The molecule has 2 amide bonds. The molecule has 1 saturated heterocycles. The van der Waals surface area contributed by atoms with Gasteiger partial charge >= 0.3 is 0 Å². The van der Waals surface area contributed by atoms with E-state index in [-0.39, 0.29) is 34.4 Å². The molecule has 1 aliphatic carbocycles. The van der Waals surface area contributed by atoms with Crippen LogP contribution in [0.5, 0.6) is 0 Å². The molecule has 2 aromatic rings. The SMILES string of the molecule is CC1(C)C[C@]2(C(N)=O)CN(C(=O)c3ccc4cccc(F)c4n3)C[C@H]12. The highest BCUT2D eigenvalue weighted by Gasteiger charge is 2.66. The van der Waals surface area contributed by atoms with E-state index in [0.29, 0.717) is 24.9 Å². The molecule has 1 aliphatic heterocycles. The summed E-state index contributed by atoms with van der Waals surface area (Å²) in [6.07, 6.45) is 0.684. The number of para-hydroxylation sites is 1. The van der Waals surface area contributed by atoms with Crippen LogP contribution in [0.3, 0.4) is 0 Å². The number of rotatable bonds is 2. The van der Waals surface area contributed by atoms with Crippen molar-refractivity contribution in [3.05, 3.63) is 41.8 Å². The average molecular weight is 341 g/mol. The Bertz CT molecular complexity index is 911. The van der Waals surface area contributed by atoms with E-state index in [1.54, 1.807) is 29.2 Å². The van der Waals surface area contributed by atoms with Gasteiger partial charge in [0.05, 0.1) is 5.41 Å². The number of primary amides is 1. The molecule has 6 heteroatoms. The van der Waals surface area contributed by atoms with Crippen LogP contribution < -0.4 is 5.73 Å². The molecule has 0 spiro atoms. The van der Waals surface area contributed by atoms with E-state index in [1.807, 2.05) is 0 Å². The lowest BCUT2D eigenvalue weighted by Crippen LogP contribution is -2.59. The molecule has 0 unspecified atom stereocenters. The Morgan fingerprint density at radius 3 is 2.68 bits per heavy atom. The summed E-state index contributed by atoms with van der Waals surface area (Å²) < 4.78 is 14.0. The number of amides is 2. The van der Waals surface area contributed by atoms with Gasteiger partial charge in [0.2, 0.25) is 5.91 Å². The molecule has 2 fully saturated rings. The highest BCUT2D eigenvalue weighted by Crippen LogP contribution is 2.62. The monoisotopic (exact) mass is 341 g/mol. The summed E-state index contributed by atoms with van der Waals surface area (Å²) in [7, 11) is 0. The van der Waals surface area contributed by atoms with Gasteiger partial charge in [-0.1, -0.05) is 32.0 Å². The number of nitrogens with two attached hydrogens (primary N) is 1. The standard InChI is InChI=1S/C19H20FN3O2/c1-18(2)9-19(17(21)25)10-23(8-14(18)19)16(24)13-7-6-11-4-3-5-12(20)15(11)22-13/h3-7,14H,8-10H2,1-2H3,(H2,21,25)/t14-,19+/m1/s1. The first-order valence-corrected chi connectivity index (χ1v) is 8.39. The van der Waals surface area contributed by atoms with Crippen molar-refractivity contribution in [2.45, 2.75) is 20.3 Å². The maximum absolute atomic E-state index is 14.0. The van der Waals surface area contributed by atoms with Gasteiger partial charge in [0.25, 0.3) is 5.91 Å². The Morgan fingerprint density at radius 1 is 1.28 bits per heavy atom. The Hall–Kier alpha value is -2.50. The highest BCUT2D eigenvalue weighted by molar-refractivity contribution is 5.96. The number of likely N-dealkylation sites (tertiary alicyclic amines) is 1. The Morgan fingerprint density at radius 2 is 2.04 bits per heavy atom. The zero-order valence-corrected chi connectivity index (χ0v) is 14.3. The van der Waals surface area contributed by atoms with Gasteiger partial charge in [-0.3, -0.25) is 9.59 Å². The molecule has 0 bridgehead atoms. The second-order valence-corrected chi connectivity index (χ2v) is 7.93. The number of hydrogen-bond acceptors (Lipinski definition) is 3. The van der Waals surface area contributed by atoms with Gasteiger partial charge in [-0.2, -0.15) is 0 Å². The van der Waals surface area contributed by atoms with Crippen LogP contribution in [0.4, 0.5) is 4.39 Å². The van der Waals surface area contributed by atoms with Crippen molar-refractivity contribution in [2.75, 3.05) is 13.1 Å². The van der Waals surface area contributed by atoms with Crippen LogP contribution in [0.2, 0.25) is 0 Å². The summed E-state index contributed by atoms with van der Waals surface area (Å²) in [4.78, 5) is 30.8. The Balaban J connectivity index is 1.66. The van der Waals surface area contributed by atoms with E-state index in [0.717, 1.165) is 0 Å². The van der Waals surface area contributed by atoms with Crippen molar-refractivity contribution < 1.29 is 14.0 Å². The fraction of sp³-hybridized carbons (Fsp3) is 0.421. The number of carbonyl (C=O) groups is 2. The van der Waals surface area contributed by atoms with E-state index in [2.05, 4.69) is 18.8 Å². The molecule has 1 saturated carbocycles. The first-order chi connectivity index (χ1) is 11.7. The summed E-state index contributed by atoms with van der Waals surface area (Å²) in [6.45, 7) is 4.98. The third-order valence-corrected chi connectivity index (χ3v) is 5.93. The smallest absolute Gasteiger partial charge is 0.272 e. The molecule has 0 radical (unpaired) electrons. The van der Waals surface area contributed by atoms with E-state index in [4.69, 9.17) is 5.73 Å². The van der Waals surface area contributed by atoms with Crippen LogP contribution in [-0.4, -0.2) is 34.8 Å². The second kappa shape index (κ2) is 5.00. The van der Waals surface area contributed by atoms with Crippen molar-refractivity contribution >= 4 is 22.7 Å². The molecule has 4 rings (SSSR count). The molecule has 2 heterocycles. The summed E-state index contributed by atoms with van der Waals surface area (Å²) >= 11 is 0. The van der Waals surface area contributed by atoms with Crippen molar-refractivity contribution in [3.63, 3.8) is 0 Å². The Labute approximate surface area is 145 Å². The normalized spacial score (nSPS) is 27.0. The van der Waals surface area contributed by atoms with Crippen LogP contribution in [0, 0.1) is 22.6 Å². The summed E-state index contributed by atoms with van der Waals surface area (Å²) in [5.74, 6) is -1.03. The fourth-order valence-electron chi connectivity index (χ4n) is 4.77. The van der Waals surface area contributed by atoms with Crippen LogP contribution in [-0.2, 0) is 4.79 Å². The molecule has 2 N–H and O–H groups in total. The van der Waals surface area contributed by atoms with Gasteiger partial charge in [-0.05, 0) is 29.9 Å². The van der Waals surface area contributed by atoms with Gasteiger partial charge in [-0.25, -0.2) is 9.37 Å². The number of nitrogens with zero attached hydrogens (tertiary/aromatic N) is 2. The van der Waals surface area contributed by atoms with E-state index in [9.17, 15) is 14.0 Å². The van der Waals surface area contributed by atoms with Crippen LogP contribution >= 0.6 is 0 Å². The zero-order valence-electron chi connectivity index (χ0n) is 14.3. The molecule has 5 nitrogen and oxygen atoms in total. The molecular formula is C19H20FN3O2. The third kappa shape index (κ3) is 2.16. The van der Waals surface area contributed by atoms with Gasteiger partial charge in [0.1, 0.15) is 17.0 Å². The van der Waals surface area contributed by atoms with E-state index < -0.39 is 11.2 Å². The molecule has 2 aliphatic rings.